The highest BCUT2D eigenvalue weighted by Gasteiger charge is 2.46. The lowest BCUT2D eigenvalue weighted by Crippen LogP contribution is -2.51. The molecule has 0 unspecified atom stereocenters. The molecule has 2 aromatic rings. The Hall–Kier alpha value is -2.12. The summed E-state index contributed by atoms with van der Waals surface area (Å²) in [5, 5.41) is 0. The van der Waals surface area contributed by atoms with E-state index >= 15 is 0 Å². The molecule has 1 saturated heterocycles. The van der Waals surface area contributed by atoms with Gasteiger partial charge in [-0.05, 0) is 62.1 Å². The van der Waals surface area contributed by atoms with Crippen LogP contribution >= 0.6 is 0 Å². The zero-order valence-corrected chi connectivity index (χ0v) is 16.0. The number of hydrogen-bond donors (Lipinski definition) is 4. The minimum absolute atomic E-state index is 0.259. The molecule has 0 spiro atoms. The summed E-state index contributed by atoms with van der Waals surface area (Å²) in [5.41, 5.74) is 28.3. The Morgan fingerprint density at radius 3 is 1.59 bits per heavy atom. The second-order valence-corrected chi connectivity index (χ2v) is 7.79. The minimum Gasteiger partial charge on any atom is -0.399 e. The van der Waals surface area contributed by atoms with Crippen molar-refractivity contribution in [2.24, 2.45) is 11.5 Å². The van der Waals surface area contributed by atoms with Gasteiger partial charge >= 0.3 is 0 Å². The van der Waals surface area contributed by atoms with Crippen molar-refractivity contribution >= 4 is 11.4 Å². The van der Waals surface area contributed by atoms with Crippen molar-refractivity contribution in [2.45, 2.75) is 56.8 Å². The van der Waals surface area contributed by atoms with Crippen LogP contribution in [0.4, 0.5) is 11.4 Å². The van der Waals surface area contributed by atoms with Crippen LogP contribution in [0.3, 0.4) is 0 Å². The predicted octanol–water partition coefficient (Wildman–Crippen LogP) is 1.81. The van der Waals surface area contributed by atoms with Crippen LogP contribution in [0.1, 0.15) is 25.0 Å². The molecule has 1 aliphatic rings. The van der Waals surface area contributed by atoms with Crippen molar-refractivity contribution in [2.75, 3.05) is 11.5 Å². The van der Waals surface area contributed by atoms with Crippen LogP contribution in [-0.2, 0) is 22.3 Å². The Kier molecular flexibility index (Phi) is 5.72. The third-order valence-corrected chi connectivity index (χ3v) is 4.85. The summed E-state index contributed by atoms with van der Waals surface area (Å²) in [4.78, 5) is 0. The van der Waals surface area contributed by atoms with Crippen LogP contribution in [0.5, 0.6) is 0 Å². The van der Waals surface area contributed by atoms with Crippen LogP contribution in [0.2, 0.25) is 0 Å². The quantitative estimate of drug-likeness (QED) is 0.575. The minimum atomic E-state index is -0.726. The van der Waals surface area contributed by atoms with E-state index in [9.17, 15) is 0 Å². The topological polar surface area (TPSA) is 123 Å². The molecule has 0 aromatic heterocycles. The molecule has 2 aromatic carbocycles. The highest BCUT2D eigenvalue weighted by molar-refractivity contribution is 5.41. The molecule has 6 heteroatoms. The van der Waals surface area contributed by atoms with Crippen LogP contribution in [0, 0.1) is 0 Å². The van der Waals surface area contributed by atoms with Crippen molar-refractivity contribution in [3.8, 4) is 0 Å². The molecule has 0 bridgehead atoms. The molecule has 1 fully saturated rings. The van der Waals surface area contributed by atoms with E-state index in [1.54, 1.807) is 0 Å². The van der Waals surface area contributed by atoms with E-state index in [1.165, 1.54) is 0 Å². The van der Waals surface area contributed by atoms with Gasteiger partial charge in [0.1, 0.15) is 12.2 Å². The summed E-state index contributed by atoms with van der Waals surface area (Å²) in [6.07, 6.45) is 0.655. The van der Waals surface area contributed by atoms with E-state index in [1.807, 2.05) is 62.4 Å². The first-order valence-electron chi connectivity index (χ1n) is 9.29. The van der Waals surface area contributed by atoms with E-state index in [-0.39, 0.29) is 24.3 Å². The maximum atomic E-state index is 6.51. The highest BCUT2D eigenvalue weighted by Crippen LogP contribution is 2.32. The van der Waals surface area contributed by atoms with Crippen molar-refractivity contribution in [1.82, 2.24) is 0 Å². The highest BCUT2D eigenvalue weighted by atomic mass is 16.8. The zero-order chi connectivity index (χ0) is 19.6. The summed E-state index contributed by atoms with van der Waals surface area (Å²) < 4.78 is 12.3. The molecule has 27 heavy (non-hydrogen) atoms. The molecule has 6 nitrogen and oxygen atoms in total. The number of nitrogen functional groups attached to an aromatic ring is 2. The largest absolute Gasteiger partial charge is 0.399 e. The number of nitrogens with two attached hydrogens (primary N) is 4. The van der Waals surface area contributed by atoms with E-state index in [4.69, 9.17) is 32.4 Å². The SMILES string of the molecule is CC1(C)O[C@@H]([C@H](N)Cc2cccc(N)c2)[C@H]([C@H](N)Cc2cccc(N)c2)O1. The van der Waals surface area contributed by atoms with Gasteiger partial charge in [-0.15, -0.1) is 0 Å². The first kappa shape index (κ1) is 19.6. The second kappa shape index (κ2) is 7.86. The normalized spacial score (nSPS) is 23.9. The molecule has 0 saturated carbocycles. The molecule has 0 aliphatic carbocycles. The van der Waals surface area contributed by atoms with Gasteiger partial charge in [0.05, 0.1) is 0 Å². The van der Waals surface area contributed by atoms with Gasteiger partial charge in [0, 0.05) is 23.5 Å². The lowest BCUT2D eigenvalue weighted by molar-refractivity contribution is -0.149. The van der Waals surface area contributed by atoms with Crippen LogP contribution < -0.4 is 22.9 Å². The molecular weight excluding hydrogens is 340 g/mol. The Labute approximate surface area is 160 Å². The molecule has 8 N–H and O–H groups in total. The number of ether oxygens (including phenoxy) is 2. The maximum Gasteiger partial charge on any atom is 0.163 e. The standard InChI is InChI=1S/C21H30N4O2/c1-21(2)26-19(17(24)11-13-5-3-7-15(22)9-13)20(27-21)18(25)12-14-6-4-8-16(23)10-14/h3-10,17-20H,11-12,22-25H2,1-2H3/t17-,18-,19+,20+/m1/s1. The average Bonchev–Trinajstić information content (AvgIpc) is 2.91. The zero-order valence-electron chi connectivity index (χ0n) is 16.0. The summed E-state index contributed by atoms with van der Waals surface area (Å²) in [5.74, 6) is -0.726. The van der Waals surface area contributed by atoms with Gasteiger partial charge in [0.15, 0.2) is 5.79 Å². The van der Waals surface area contributed by atoms with Gasteiger partial charge in [-0.2, -0.15) is 0 Å². The fourth-order valence-electron chi connectivity index (χ4n) is 3.70. The molecule has 1 aliphatic heterocycles. The van der Waals surface area contributed by atoms with Crippen molar-refractivity contribution in [3.05, 3.63) is 59.7 Å². The van der Waals surface area contributed by atoms with Crippen molar-refractivity contribution in [1.29, 1.82) is 0 Å². The molecule has 1 heterocycles. The van der Waals surface area contributed by atoms with Crippen molar-refractivity contribution < 1.29 is 9.47 Å². The third kappa shape index (κ3) is 4.99. The molecule has 146 valence electrons. The van der Waals surface area contributed by atoms with E-state index in [0.717, 1.165) is 22.5 Å². The molecule has 3 rings (SSSR count). The van der Waals surface area contributed by atoms with Gasteiger partial charge in [-0.3, -0.25) is 0 Å². The smallest absolute Gasteiger partial charge is 0.163 e. The lowest BCUT2D eigenvalue weighted by atomic mass is 9.92. The van der Waals surface area contributed by atoms with E-state index in [0.29, 0.717) is 12.8 Å². The fraction of sp³-hybridized carbons (Fsp3) is 0.429. The van der Waals surface area contributed by atoms with Crippen LogP contribution in [-0.4, -0.2) is 30.1 Å². The Morgan fingerprint density at radius 1 is 0.815 bits per heavy atom. The fourth-order valence-corrected chi connectivity index (χ4v) is 3.70. The van der Waals surface area contributed by atoms with Gasteiger partial charge in [-0.1, -0.05) is 24.3 Å². The third-order valence-electron chi connectivity index (χ3n) is 4.85. The van der Waals surface area contributed by atoms with E-state index < -0.39 is 5.79 Å². The summed E-state index contributed by atoms with van der Waals surface area (Å²) in [6, 6.07) is 14.9. The first-order chi connectivity index (χ1) is 12.7. The van der Waals surface area contributed by atoms with Gasteiger partial charge in [0.25, 0.3) is 0 Å². The van der Waals surface area contributed by atoms with Gasteiger partial charge in [-0.25, -0.2) is 0 Å². The first-order valence-corrected chi connectivity index (χ1v) is 9.29. The van der Waals surface area contributed by atoms with Gasteiger partial charge in [0.2, 0.25) is 0 Å². The number of benzene rings is 2. The van der Waals surface area contributed by atoms with Crippen LogP contribution in [0.15, 0.2) is 48.5 Å². The maximum absolute atomic E-state index is 6.51. The summed E-state index contributed by atoms with van der Waals surface area (Å²) in [7, 11) is 0. The second-order valence-electron chi connectivity index (χ2n) is 7.79. The summed E-state index contributed by atoms with van der Waals surface area (Å²) in [6.45, 7) is 3.78. The van der Waals surface area contributed by atoms with Gasteiger partial charge < -0.3 is 32.4 Å². The van der Waals surface area contributed by atoms with Crippen LogP contribution in [0.25, 0.3) is 0 Å². The molecule has 0 radical (unpaired) electrons. The number of anilines is 2. The Morgan fingerprint density at radius 2 is 1.22 bits per heavy atom. The number of rotatable bonds is 6. The average molecular weight is 370 g/mol. The number of hydrogen-bond acceptors (Lipinski definition) is 6. The Balaban J connectivity index is 1.73. The summed E-state index contributed by atoms with van der Waals surface area (Å²) >= 11 is 0. The predicted molar refractivity (Wildman–Crippen MR) is 109 cm³/mol. The molecular formula is C21H30N4O2. The van der Waals surface area contributed by atoms with Crippen molar-refractivity contribution in [3.63, 3.8) is 0 Å². The Bertz CT molecular complexity index is 717. The molecule has 4 atom stereocenters. The molecule has 0 amide bonds. The van der Waals surface area contributed by atoms with E-state index in [2.05, 4.69) is 0 Å². The lowest BCUT2D eigenvalue weighted by Gasteiger charge is -2.27. The monoisotopic (exact) mass is 370 g/mol.